The minimum Gasteiger partial charge on any atom is -0.497 e. The van der Waals surface area contributed by atoms with Gasteiger partial charge in [0.25, 0.3) is 0 Å². The molecule has 3 atom stereocenters. The van der Waals surface area contributed by atoms with Crippen molar-refractivity contribution in [1.82, 2.24) is 5.32 Å². The minimum absolute atomic E-state index is 0.117. The number of hydrogen-bond acceptors (Lipinski definition) is 10. The second-order valence-electron chi connectivity index (χ2n) is 9.85. The summed E-state index contributed by atoms with van der Waals surface area (Å²) in [6.45, 7) is 5.44. The summed E-state index contributed by atoms with van der Waals surface area (Å²) in [4.78, 5) is 41.4. The monoisotopic (exact) mass is 579 g/mol. The van der Waals surface area contributed by atoms with E-state index in [4.69, 9.17) is 28.4 Å². The molecule has 10 nitrogen and oxygen atoms in total. The van der Waals surface area contributed by atoms with Gasteiger partial charge in [0.15, 0.2) is 17.3 Å². The predicted octanol–water partition coefficient (Wildman–Crippen LogP) is 4.43. The van der Waals surface area contributed by atoms with Crippen LogP contribution in [0.4, 0.5) is 0 Å². The van der Waals surface area contributed by atoms with Crippen LogP contribution in [0.25, 0.3) is 0 Å². The number of ketones is 1. The Morgan fingerprint density at radius 3 is 2.00 bits per heavy atom. The van der Waals surface area contributed by atoms with Crippen molar-refractivity contribution in [3.05, 3.63) is 70.1 Å². The van der Waals surface area contributed by atoms with Crippen LogP contribution in [0.1, 0.15) is 50.2 Å². The van der Waals surface area contributed by atoms with Crippen molar-refractivity contribution in [2.75, 3.05) is 41.7 Å². The molecule has 1 aliphatic heterocycles. The van der Waals surface area contributed by atoms with Crippen LogP contribution in [0.15, 0.2) is 58.9 Å². The molecule has 2 aromatic rings. The zero-order valence-electron chi connectivity index (χ0n) is 25.0. The summed E-state index contributed by atoms with van der Waals surface area (Å²) in [5.74, 6) is -2.42. The molecular weight excluding hydrogens is 542 g/mol. The van der Waals surface area contributed by atoms with E-state index in [0.717, 1.165) is 5.56 Å². The highest BCUT2D eigenvalue weighted by molar-refractivity contribution is 6.13. The number of carbonyl (C=O) groups is 3. The van der Waals surface area contributed by atoms with Crippen LogP contribution in [0.5, 0.6) is 23.0 Å². The fourth-order valence-corrected chi connectivity index (χ4v) is 5.78. The van der Waals surface area contributed by atoms with Crippen LogP contribution in [-0.4, -0.2) is 59.4 Å². The maximum atomic E-state index is 14.5. The van der Waals surface area contributed by atoms with Gasteiger partial charge >= 0.3 is 11.9 Å². The van der Waals surface area contributed by atoms with Crippen LogP contribution in [0.3, 0.4) is 0 Å². The van der Waals surface area contributed by atoms with Gasteiger partial charge in [0.1, 0.15) is 11.7 Å². The lowest BCUT2D eigenvalue weighted by atomic mass is 9.67. The van der Waals surface area contributed by atoms with E-state index in [0.29, 0.717) is 51.9 Å². The number of ether oxygens (including phenoxy) is 6. The van der Waals surface area contributed by atoms with Crippen molar-refractivity contribution in [2.24, 2.45) is 5.92 Å². The summed E-state index contributed by atoms with van der Waals surface area (Å²) >= 11 is 0. The first-order valence-electron chi connectivity index (χ1n) is 13.8. The van der Waals surface area contributed by atoms with Gasteiger partial charge in [-0.25, -0.2) is 4.79 Å². The molecule has 4 rings (SSSR count). The molecule has 10 heteroatoms. The van der Waals surface area contributed by atoms with Crippen LogP contribution < -0.4 is 24.3 Å². The van der Waals surface area contributed by atoms with E-state index < -0.39 is 35.5 Å². The Bertz CT molecular complexity index is 1400. The van der Waals surface area contributed by atoms with Crippen LogP contribution in [0.2, 0.25) is 0 Å². The van der Waals surface area contributed by atoms with Crippen LogP contribution in [-0.2, 0) is 23.9 Å². The molecule has 2 aromatic carbocycles. The fraction of sp³-hybridized carbons (Fsp3) is 0.406. The number of benzene rings is 2. The summed E-state index contributed by atoms with van der Waals surface area (Å²) in [5.41, 5.74) is 3.04. The van der Waals surface area contributed by atoms with Crippen molar-refractivity contribution >= 4 is 17.7 Å². The topological polar surface area (TPSA) is 119 Å². The Hall–Kier alpha value is -4.47. The zero-order valence-corrected chi connectivity index (χ0v) is 25.0. The van der Waals surface area contributed by atoms with Crippen molar-refractivity contribution < 1.29 is 42.8 Å². The Morgan fingerprint density at radius 1 is 0.857 bits per heavy atom. The van der Waals surface area contributed by atoms with Gasteiger partial charge < -0.3 is 33.7 Å². The summed E-state index contributed by atoms with van der Waals surface area (Å²) in [6.07, 6.45) is 0.325. The van der Waals surface area contributed by atoms with Gasteiger partial charge in [0, 0.05) is 28.8 Å². The summed E-state index contributed by atoms with van der Waals surface area (Å²) < 4.78 is 32.8. The van der Waals surface area contributed by atoms with E-state index in [2.05, 4.69) is 5.32 Å². The van der Waals surface area contributed by atoms with Gasteiger partial charge in [-0.1, -0.05) is 12.1 Å². The van der Waals surface area contributed by atoms with Gasteiger partial charge in [0.2, 0.25) is 5.75 Å². The number of hydrogen-bond donors (Lipinski definition) is 1. The maximum Gasteiger partial charge on any atom is 0.336 e. The molecule has 0 saturated heterocycles. The lowest BCUT2D eigenvalue weighted by Gasteiger charge is -2.39. The number of dihydropyridines is 1. The molecule has 0 aromatic heterocycles. The molecule has 0 spiro atoms. The third kappa shape index (κ3) is 5.53. The highest BCUT2D eigenvalue weighted by Gasteiger charge is 2.49. The largest absolute Gasteiger partial charge is 0.497 e. The molecule has 1 N–H and O–H groups in total. The van der Waals surface area contributed by atoms with E-state index in [1.165, 1.54) is 21.3 Å². The average molecular weight is 580 g/mol. The van der Waals surface area contributed by atoms with Gasteiger partial charge in [-0.15, -0.1) is 0 Å². The van der Waals surface area contributed by atoms with Crippen molar-refractivity contribution in [1.29, 1.82) is 0 Å². The van der Waals surface area contributed by atoms with Crippen molar-refractivity contribution in [3.8, 4) is 23.0 Å². The number of Topliss-reactive ketones (excluding diaryl/α,β-unsaturated/α-hetero) is 1. The Labute approximate surface area is 245 Å². The lowest BCUT2D eigenvalue weighted by Crippen LogP contribution is -2.43. The smallest absolute Gasteiger partial charge is 0.336 e. The highest BCUT2D eigenvalue weighted by Crippen LogP contribution is 2.50. The van der Waals surface area contributed by atoms with Gasteiger partial charge in [-0.05, 0) is 62.6 Å². The number of methoxy groups -OCH3 is 4. The first-order valence-corrected chi connectivity index (χ1v) is 13.8. The number of allylic oxidation sites excluding steroid dienone is 3. The summed E-state index contributed by atoms with van der Waals surface area (Å²) in [7, 11) is 6.05. The zero-order chi connectivity index (χ0) is 30.6. The Morgan fingerprint density at radius 2 is 1.48 bits per heavy atom. The molecular formula is C32H37NO9. The maximum absolute atomic E-state index is 14.5. The standard InChI is InChI=1S/C32H37NO9/c1-8-41-31(35)25-17(3)33-22-16-21(18-10-12-20(37-4)13-11-18)27(32(36)42-9-2)29(34)28(22)26(25)19-14-23(38-5)30(40-7)24(15-19)39-6/h10-15,21,26-27,33H,8-9,16H2,1-7H3. The fourth-order valence-electron chi connectivity index (χ4n) is 5.78. The molecule has 42 heavy (non-hydrogen) atoms. The number of esters is 2. The molecule has 224 valence electrons. The average Bonchev–Trinajstić information content (AvgIpc) is 2.99. The van der Waals surface area contributed by atoms with Gasteiger partial charge in [-0.3, -0.25) is 9.59 Å². The number of carbonyl (C=O) groups excluding carboxylic acids is 3. The Balaban J connectivity index is 1.96. The third-order valence-electron chi connectivity index (χ3n) is 7.62. The van der Waals surface area contributed by atoms with E-state index >= 15 is 0 Å². The second kappa shape index (κ2) is 13.0. The van der Waals surface area contributed by atoms with Crippen molar-refractivity contribution in [2.45, 2.75) is 39.0 Å². The minimum atomic E-state index is -1.13. The van der Waals surface area contributed by atoms with Crippen LogP contribution >= 0.6 is 0 Å². The normalized spacial score (nSPS) is 19.9. The molecule has 0 saturated carbocycles. The van der Waals surface area contributed by atoms with Gasteiger partial charge in [-0.2, -0.15) is 0 Å². The van der Waals surface area contributed by atoms with E-state index in [1.807, 2.05) is 12.1 Å². The number of rotatable bonds is 10. The molecule has 2 aliphatic rings. The molecule has 1 aliphatic carbocycles. The molecule has 3 unspecified atom stereocenters. The Kier molecular flexibility index (Phi) is 9.45. The first-order chi connectivity index (χ1) is 20.2. The molecule has 0 radical (unpaired) electrons. The summed E-state index contributed by atoms with van der Waals surface area (Å²) in [6, 6.07) is 10.7. The van der Waals surface area contributed by atoms with Crippen molar-refractivity contribution in [3.63, 3.8) is 0 Å². The highest BCUT2D eigenvalue weighted by atomic mass is 16.5. The molecule has 0 bridgehead atoms. The van der Waals surface area contributed by atoms with E-state index in [9.17, 15) is 14.4 Å². The lowest BCUT2D eigenvalue weighted by molar-refractivity contribution is -0.152. The predicted molar refractivity (Wildman–Crippen MR) is 154 cm³/mol. The van der Waals surface area contributed by atoms with E-state index in [1.54, 1.807) is 52.1 Å². The quantitative estimate of drug-likeness (QED) is 0.320. The SMILES string of the molecule is CCOC(=O)C1=C(C)NC2=C(C(=O)C(C(=O)OCC)C(c3ccc(OC)cc3)C2)C1c1cc(OC)c(OC)c(OC)c1. The van der Waals surface area contributed by atoms with Gasteiger partial charge in [0.05, 0.1) is 47.2 Å². The van der Waals surface area contributed by atoms with E-state index in [-0.39, 0.29) is 18.8 Å². The van der Waals surface area contributed by atoms with Crippen LogP contribution in [0, 0.1) is 5.92 Å². The molecule has 1 heterocycles. The molecule has 0 amide bonds. The molecule has 0 fully saturated rings. The number of nitrogens with one attached hydrogen (secondary N) is 1. The first kappa shape index (κ1) is 30.5. The summed E-state index contributed by atoms with van der Waals surface area (Å²) in [5, 5.41) is 3.30. The second-order valence-corrected chi connectivity index (χ2v) is 9.85. The third-order valence-corrected chi connectivity index (χ3v) is 7.62.